The summed E-state index contributed by atoms with van der Waals surface area (Å²) < 4.78 is 35.9. The van der Waals surface area contributed by atoms with Crippen LogP contribution in [0, 0.1) is 6.92 Å². The Labute approximate surface area is 85.9 Å². The van der Waals surface area contributed by atoms with Crippen LogP contribution in [0.5, 0.6) is 0 Å². The molecule has 0 amide bonds. The second-order valence-electron chi connectivity index (χ2n) is 3.48. The van der Waals surface area contributed by atoms with Crippen LogP contribution in [0.25, 0.3) is 0 Å². The first-order chi connectivity index (χ1) is 6.90. The highest BCUT2D eigenvalue weighted by Crippen LogP contribution is 2.22. The minimum atomic E-state index is -4.15. The van der Waals surface area contributed by atoms with Gasteiger partial charge < -0.3 is 0 Å². The van der Waals surface area contributed by atoms with Crippen molar-refractivity contribution in [3.8, 4) is 0 Å². The molecule has 0 saturated heterocycles. The zero-order valence-corrected chi connectivity index (χ0v) is 8.27. The zero-order valence-electron chi connectivity index (χ0n) is 8.27. The van der Waals surface area contributed by atoms with E-state index in [0.717, 1.165) is 5.56 Å². The normalized spacial score (nSPS) is 11.5. The molecule has 0 aromatic heterocycles. The molecule has 0 bridgehead atoms. The summed E-state index contributed by atoms with van der Waals surface area (Å²) in [6.45, 7) is 1.75. The van der Waals surface area contributed by atoms with E-state index < -0.39 is 12.6 Å². The van der Waals surface area contributed by atoms with Gasteiger partial charge >= 0.3 is 6.18 Å². The number of aldehydes is 1. The molecule has 0 N–H and O–H groups in total. The van der Waals surface area contributed by atoms with Crippen LogP contribution >= 0.6 is 0 Å². The number of carbonyl (C=O) groups is 1. The maximum absolute atomic E-state index is 12.0. The number of aryl methyl sites for hydroxylation is 2. The summed E-state index contributed by atoms with van der Waals surface area (Å²) in [5.41, 5.74) is 1.78. The molecule has 0 unspecified atom stereocenters. The molecule has 1 aromatic carbocycles. The quantitative estimate of drug-likeness (QED) is 0.708. The van der Waals surface area contributed by atoms with Crippen LogP contribution in [0.15, 0.2) is 18.2 Å². The van der Waals surface area contributed by atoms with Crippen molar-refractivity contribution in [3.05, 3.63) is 34.9 Å². The maximum Gasteiger partial charge on any atom is 0.389 e. The van der Waals surface area contributed by atoms with E-state index in [2.05, 4.69) is 0 Å². The Hall–Kier alpha value is -1.32. The molecule has 15 heavy (non-hydrogen) atoms. The molecule has 0 aliphatic heterocycles. The summed E-state index contributed by atoms with van der Waals surface area (Å²) in [5, 5.41) is 0. The third kappa shape index (κ3) is 4.14. The molecule has 0 aliphatic rings. The summed E-state index contributed by atoms with van der Waals surface area (Å²) in [6, 6.07) is 4.80. The standard InChI is InChI=1S/C11H11F3O/c1-8-4-9(2-3-11(12,13)14)6-10(5-8)7-15/h4-7H,2-3H2,1H3. The Morgan fingerprint density at radius 3 is 2.47 bits per heavy atom. The highest BCUT2D eigenvalue weighted by molar-refractivity contribution is 5.75. The average Bonchev–Trinajstić information content (AvgIpc) is 2.13. The van der Waals surface area contributed by atoms with E-state index in [4.69, 9.17) is 0 Å². The maximum atomic E-state index is 12.0. The van der Waals surface area contributed by atoms with Crippen molar-refractivity contribution in [2.24, 2.45) is 0 Å². The molecule has 1 aromatic rings. The lowest BCUT2D eigenvalue weighted by Crippen LogP contribution is -2.08. The Kier molecular flexibility index (Phi) is 3.50. The largest absolute Gasteiger partial charge is 0.389 e. The number of carbonyl (C=O) groups excluding carboxylic acids is 1. The first-order valence-corrected chi connectivity index (χ1v) is 4.53. The van der Waals surface area contributed by atoms with E-state index in [0.29, 0.717) is 17.4 Å². The predicted octanol–water partition coefficient (Wildman–Crippen LogP) is 3.30. The Morgan fingerprint density at radius 1 is 1.27 bits per heavy atom. The van der Waals surface area contributed by atoms with Crippen molar-refractivity contribution in [2.75, 3.05) is 0 Å². The second-order valence-corrected chi connectivity index (χ2v) is 3.48. The van der Waals surface area contributed by atoms with Gasteiger partial charge in [-0.1, -0.05) is 11.6 Å². The van der Waals surface area contributed by atoms with Gasteiger partial charge in [-0.25, -0.2) is 0 Å². The predicted molar refractivity (Wildman–Crippen MR) is 50.9 cm³/mol. The zero-order chi connectivity index (χ0) is 11.5. The third-order valence-electron chi connectivity index (χ3n) is 1.99. The van der Waals surface area contributed by atoms with E-state index >= 15 is 0 Å². The van der Waals surface area contributed by atoms with E-state index in [-0.39, 0.29) is 6.42 Å². The van der Waals surface area contributed by atoms with E-state index in [1.165, 1.54) is 6.07 Å². The summed E-state index contributed by atoms with van der Waals surface area (Å²) >= 11 is 0. The molecule has 0 spiro atoms. The van der Waals surface area contributed by atoms with Crippen LogP contribution in [-0.4, -0.2) is 12.5 Å². The van der Waals surface area contributed by atoms with Crippen molar-refractivity contribution in [3.63, 3.8) is 0 Å². The highest BCUT2D eigenvalue weighted by Gasteiger charge is 2.26. The Morgan fingerprint density at radius 2 is 1.93 bits per heavy atom. The number of hydrogen-bond acceptors (Lipinski definition) is 1. The van der Waals surface area contributed by atoms with Crippen molar-refractivity contribution < 1.29 is 18.0 Å². The van der Waals surface area contributed by atoms with Gasteiger partial charge in [-0.15, -0.1) is 0 Å². The van der Waals surface area contributed by atoms with Crippen LogP contribution in [0.4, 0.5) is 13.2 Å². The number of rotatable bonds is 3. The van der Waals surface area contributed by atoms with Gasteiger partial charge in [0, 0.05) is 12.0 Å². The molecular formula is C11H11F3O. The molecule has 0 heterocycles. The van der Waals surface area contributed by atoms with E-state index in [1.54, 1.807) is 19.1 Å². The second kappa shape index (κ2) is 4.47. The number of benzene rings is 1. The topological polar surface area (TPSA) is 17.1 Å². The lowest BCUT2D eigenvalue weighted by Gasteiger charge is -2.07. The summed E-state index contributed by atoms with van der Waals surface area (Å²) in [7, 11) is 0. The Bertz CT molecular complexity index is 355. The first-order valence-electron chi connectivity index (χ1n) is 4.53. The van der Waals surface area contributed by atoms with Gasteiger partial charge in [0.05, 0.1) is 0 Å². The van der Waals surface area contributed by atoms with Crippen molar-refractivity contribution in [1.82, 2.24) is 0 Å². The van der Waals surface area contributed by atoms with Crippen LogP contribution < -0.4 is 0 Å². The fourth-order valence-corrected chi connectivity index (χ4v) is 1.39. The highest BCUT2D eigenvalue weighted by atomic mass is 19.4. The molecule has 0 atom stereocenters. The van der Waals surface area contributed by atoms with Crippen molar-refractivity contribution in [1.29, 1.82) is 0 Å². The van der Waals surface area contributed by atoms with Gasteiger partial charge in [0.15, 0.2) is 0 Å². The van der Waals surface area contributed by atoms with Crippen LogP contribution in [0.2, 0.25) is 0 Å². The van der Waals surface area contributed by atoms with Gasteiger partial charge in [0.25, 0.3) is 0 Å². The van der Waals surface area contributed by atoms with Crippen molar-refractivity contribution >= 4 is 6.29 Å². The fraction of sp³-hybridized carbons (Fsp3) is 0.364. The average molecular weight is 216 g/mol. The molecule has 4 heteroatoms. The van der Waals surface area contributed by atoms with Gasteiger partial charge in [-0.05, 0) is 31.0 Å². The fourth-order valence-electron chi connectivity index (χ4n) is 1.39. The molecule has 0 saturated carbocycles. The lowest BCUT2D eigenvalue weighted by atomic mass is 10.0. The van der Waals surface area contributed by atoms with Gasteiger partial charge in [0.2, 0.25) is 0 Å². The van der Waals surface area contributed by atoms with Gasteiger partial charge in [-0.3, -0.25) is 4.79 Å². The Balaban J connectivity index is 2.77. The first kappa shape index (κ1) is 11.8. The van der Waals surface area contributed by atoms with E-state index in [9.17, 15) is 18.0 Å². The molecule has 0 fully saturated rings. The monoisotopic (exact) mass is 216 g/mol. The molecule has 1 nitrogen and oxygen atoms in total. The number of halogens is 3. The lowest BCUT2D eigenvalue weighted by molar-refractivity contribution is -0.133. The summed E-state index contributed by atoms with van der Waals surface area (Å²) in [6.07, 6.45) is -4.43. The van der Waals surface area contributed by atoms with Crippen LogP contribution in [0.1, 0.15) is 27.9 Å². The minimum absolute atomic E-state index is 0.0774. The molecule has 1 rings (SSSR count). The summed E-state index contributed by atoms with van der Waals surface area (Å²) in [5.74, 6) is 0. The van der Waals surface area contributed by atoms with E-state index in [1.807, 2.05) is 0 Å². The van der Waals surface area contributed by atoms with Crippen LogP contribution in [0.3, 0.4) is 0 Å². The van der Waals surface area contributed by atoms with Crippen molar-refractivity contribution in [2.45, 2.75) is 25.9 Å². The molecular weight excluding hydrogens is 205 g/mol. The van der Waals surface area contributed by atoms with Gasteiger partial charge in [0.1, 0.15) is 6.29 Å². The summed E-state index contributed by atoms with van der Waals surface area (Å²) in [4.78, 5) is 10.5. The third-order valence-corrected chi connectivity index (χ3v) is 1.99. The smallest absolute Gasteiger partial charge is 0.298 e. The minimum Gasteiger partial charge on any atom is -0.298 e. The number of alkyl halides is 3. The SMILES string of the molecule is Cc1cc(C=O)cc(CCC(F)(F)F)c1. The number of hydrogen-bond donors (Lipinski definition) is 0. The van der Waals surface area contributed by atoms with Gasteiger partial charge in [-0.2, -0.15) is 13.2 Å². The molecule has 0 aliphatic carbocycles. The molecule has 0 radical (unpaired) electrons. The van der Waals surface area contributed by atoms with Crippen LogP contribution in [-0.2, 0) is 6.42 Å². The molecule has 82 valence electrons.